The molecule has 0 spiro atoms. The van der Waals surface area contributed by atoms with Gasteiger partial charge in [0.15, 0.2) is 0 Å². The van der Waals surface area contributed by atoms with Crippen LogP contribution >= 0.6 is 0 Å². The molecule has 22 heavy (non-hydrogen) atoms. The molecule has 0 aliphatic heterocycles. The lowest BCUT2D eigenvalue weighted by Crippen LogP contribution is -2.13. The van der Waals surface area contributed by atoms with E-state index in [4.69, 9.17) is 0 Å². The van der Waals surface area contributed by atoms with Crippen LogP contribution in [-0.4, -0.2) is 20.7 Å². The molecule has 3 aromatic rings. The SMILES string of the molecule is Cc1cc(C)c2cc(C(=O)Nc3c(C)nn(C)c3C)[nH]c2c1. The van der Waals surface area contributed by atoms with Gasteiger partial charge in [-0.05, 0) is 51.0 Å². The van der Waals surface area contributed by atoms with Crippen LogP contribution in [0.4, 0.5) is 5.69 Å². The number of carbonyl (C=O) groups excluding carboxylic acids is 1. The zero-order chi connectivity index (χ0) is 16.0. The van der Waals surface area contributed by atoms with Gasteiger partial charge in [-0.1, -0.05) is 6.07 Å². The van der Waals surface area contributed by atoms with E-state index in [2.05, 4.69) is 41.4 Å². The van der Waals surface area contributed by atoms with Gasteiger partial charge in [0.05, 0.1) is 17.1 Å². The lowest BCUT2D eigenvalue weighted by molar-refractivity contribution is 0.102. The molecule has 0 aliphatic rings. The molecule has 0 atom stereocenters. The Balaban J connectivity index is 1.97. The molecule has 0 bridgehead atoms. The summed E-state index contributed by atoms with van der Waals surface area (Å²) in [6.07, 6.45) is 0. The van der Waals surface area contributed by atoms with Crippen LogP contribution in [-0.2, 0) is 7.05 Å². The van der Waals surface area contributed by atoms with Gasteiger partial charge >= 0.3 is 0 Å². The number of nitrogens with zero attached hydrogens (tertiary/aromatic N) is 2. The van der Waals surface area contributed by atoms with Crippen LogP contribution in [0.15, 0.2) is 18.2 Å². The normalized spacial score (nSPS) is 11.1. The van der Waals surface area contributed by atoms with Gasteiger partial charge in [-0.3, -0.25) is 9.48 Å². The number of rotatable bonds is 2. The number of benzene rings is 1. The predicted octanol–water partition coefficient (Wildman–Crippen LogP) is 3.39. The molecule has 1 aromatic carbocycles. The first-order valence-corrected chi connectivity index (χ1v) is 7.28. The summed E-state index contributed by atoms with van der Waals surface area (Å²) in [5.41, 5.74) is 6.43. The average Bonchev–Trinajstić information content (AvgIpc) is 2.96. The highest BCUT2D eigenvalue weighted by Crippen LogP contribution is 2.23. The van der Waals surface area contributed by atoms with E-state index in [0.717, 1.165) is 28.0 Å². The van der Waals surface area contributed by atoms with Crippen molar-refractivity contribution >= 4 is 22.5 Å². The van der Waals surface area contributed by atoms with E-state index >= 15 is 0 Å². The summed E-state index contributed by atoms with van der Waals surface area (Å²) < 4.78 is 1.77. The summed E-state index contributed by atoms with van der Waals surface area (Å²) >= 11 is 0. The number of hydrogen-bond donors (Lipinski definition) is 2. The Morgan fingerprint density at radius 3 is 2.55 bits per heavy atom. The molecule has 1 amide bonds. The van der Waals surface area contributed by atoms with Gasteiger partial charge in [0.1, 0.15) is 5.69 Å². The maximum absolute atomic E-state index is 12.5. The number of fused-ring (bicyclic) bond motifs is 1. The largest absolute Gasteiger partial charge is 0.351 e. The van der Waals surface area contributed by atoms with Crippen LogP contribution in [0.1, 0.15) is 33.0 Å². The molecule has 0 saturated heterocycles. The minimum absolute atomic E-state index is 0.146. The Kier molecular flexibility index (Phi) is 3.28. The molecule has 114 valence electrons. The lowest BCUT2D eigenvalue weighted by Gasteiger charge is -2.03. The summed E-state index contributed by atoms with van der Waals surface area (Å²) in [6.45, 7) is 7.94. The fraction of sp³-hybridized carbons (Fsp3) is 0.294. The van der Waals surface area contributed by atoms with Crippen LogP contribution in [0.2, 0.25) is 0 Å². The van der Waals surface area contributed by atoms with E-state index < -0.39 is 0 Å². The molecule has 5 heteroatoms. The molecule has 0 unspecified atom stereocenters. The molecule has 2 N–H and O–H groups in total. The zero-order valence-corrected chi connectivity index (χ0v) is 13.5. The van der Waals surface area contributed by atoms with E-state index in [0.29, 0.717) is 5.69 Å². The highest BCUT2D eigenvalue weighted by molar-refractivity contribution is 6.06. The third-order valence-electron chi connectivity index (χ3n) is 4.08. The number of aromatic nitrogens is 3. The van der Waals surface area contributed by atoms with Gasteiger partial charge in [0.25, 0.3) is 5.91 Å². The highest BCUT2D eigenvalue weighted by atomic mass is 16.1. The van der Waals surface area contributed by atoms with E-state index in [9.17, 15) is 4.79 Å². The van der Waals surface area contributed by atoms with Crippen LogP contribution in [0.5, 0.6) is 0 Å². The number of aryl methyl sites for hydroxylation is 4. The van der Waals surface area contributed by atoms with Crippen molar-refractivity contribution in [3.8, 4) is 0 Å². The molecule has 3 rings (SSSR count). The van der Waals surface area contributed by atoms with Crippen LogP contribution in [0.3, 0.4) is 0 Å². The molecular weight excluding hydrogens is 276 g/mol. The van der Waals surface area contributed by atoms with Gasteiger partial charge in [-0.25, -0.2) is 0 Å². The molecule has 5 nitrogen and oxygen atoms in total. The smallest absolute Gasteiger partial charge is 0.272 e. The molecule has 0 aliphatic carbocycles. The van der Waals surface area contributed by atoms with Crippen LogP contribution in [0, 0.1) is 27.7 Å². The van der Waals surface area contributed by atoms with Crippen molar-refractivity contribution in [3.05, 3.63) is 46.4 Å². The second-order valence-electron chi connectivity index (χ2n) is 5.85. The summed E-state index contributed by atoms with van der Waals surface area (Å²) in [5, 5.41) is 8.35. The van der Waals surface area contributed by atoms with Gasteiger partial charge in [-0.15, -0.1) is 0 Å². The molecule has 2 aromatic heterocycles. The van der Waals surface area contributed by atoms with Crippen molar-refractivity contribution in [1.29, 1.82) is 0 Å². The van der Waals surface area contributed by atoms with E-state index in [1.54, 1.807) is 4.68 Å². The van der Waals surface area contributed by atoms with E-state index in [1.807, 2.05) is 27.0 Å². The maximum Gasteiger partial charge on any atom is 0.272 e. The fourth-order valence-electron chi connectivity index (χ4n) is 2.86. The van der Waals surface area contributed by atoms with Crippen molar-refractivity contribution in [3.63, 3.8) is 0 Å². The number of nitrogens with one attached hydrogen (secondary N) is 2. The second-order valence-corrected chi connectivity index (χ2v) is 5.85. The number of anilines is 1. The summed E-state index contributed by atoms with van der Waals surface area (Å²) in [4.78, 5) is 15.7. The van der Waals surface area contributed by atoms with Crippen molar-refractivity contribution in [2.75, 3.05) is 5.32 Å². The standard InChI is InChI=1S/C17H20N4O/c1-9-6-10(2)13-8-15(18-14(13)7-9)17(22)19-16-11(3)20-21(5)12(16)4/h6-8,18H,1-5H3,(H,19,22). The average molecular weight is 296 g/mol. The Labute approximate surface area is 129 Å². The topological polar surface area (TPSA) is 62.7 Å². The minimum Gasteiger partial charge on any atom is -0.351 e. The fourth-order valence-corrected chi connectivity index (χ4v) is 2.86. The first-order valence-electron chi connectivity index (χ1n) is 7.28. The van der Waals surface area contributed by atoms with Gasteiger partial charge in [0.2, 0.25) is 0 Å². The second kappa shape index (κ2) is 5.02. The van der Waals surface area contributed by atoms with Crippen molar-refractivity contribution in [1.82, 2.24) is 14.8 Å². The first-order chi connectivity index (χ1) is 10.4. The predicted molar refractivity (Wildman–Crippen MR) is 88.4 cm³/mol. The van der Waals surface area contributed by atoms with Gasteiger partial charge < -0.3 is 10.3 Å². The maximum atomic E-state index is 12.5. The van der Waals surface area contributed by atoms with Crippen molar-refractivity contribution < 1.29 is 4.79 Å². The number of carbonyl (C=O) groups is 1. The summed E-state index contributed by atoms with van der Waals surface area (Å²) in [5.74, 6) is -0.146. The van der Waals surface area contributed by atoms with Gasteiger partial charge in [0, 0.05) is 18.0 Å². The molecule has 0 saturated carbocycles. The minimum atomic E-state index is -0.146. The monoisotopic (exact) mass is 296 g/mol. The highest BCUT2D eigenvalue weighted by Gasteiger charge is 2.16. The molecule has 0 fully saturated rings. The van der Waals surface area contributed by atoms with Crippen LogP contribution < -0.4 is 5.32 Å². The number of hydrogen-bond acceptors (Lipinski definition) is 2. The Morgan fingerprint density at radius 1 is 1.18 bits per heavy atom. The van der Waals surface area contributed by atoms with E-state index in [1.165, 1.54) is 11.1 Å². The Bertz CT molecular complexity index is 886. The van der Waals surface area contributed by atoms with Crippen molar-refractivity contribution in [2.45, 2.75) is 27.7 Å². The van der Waals surface area contributed by atoms with E-state index in [-0.39, 0.29) is 5.91 Å². The molecule has 0 radical (unpaired) electrons. The van der Waals surface area contributed by atoms with Gasteiger partial charge in [-0.2, -0.15) is 5.10 Å². The first kappa shape index (κ1) is 14.4. The summed E-state index contributed by atoms with van der Waals surface area (Å²) in [7, 11) is 1.87. The number of amides is 1. The number of aromatic amines is 1. The third kappa shape index (κ3) is 2.28. The van der Waals surface area contributed by atoms with Crippen LogP contribution in [0.25, 0.3) is 10.9 Å². The molecule has 2 heterocycles. The zero-order valence-electron chi connectivity index (χ0n) is 13.5. The summed E-state index contributed by atoms with van der Waals surface area (Å²) in [6, 6.07) is 6.08. The number of H-pyrrole nitrogens is 1. The quantitative estimate of drug-likeness (QED) is 0.761. The molecular formula is C17H20N4O. The van der Waals surface area contributed by atoms with Crippen molar-refractivity contribution in [2.24, 2.45) is 7.05 Å². The third-order valence-corrected chi connectivity index (χ3v) is 4.08. The Morgan fingerprint density at radius 2 is 1.91 bits per heavy atom. The lowest BCUT2D eigenvalue weighted by atomic mass is 10.1. The Hall–Kier alpha value is -2.56.